The van der Waals surface area contributed by atoms with E-state index in [4.69, 9.17) is 4.74 Å². The van der Waals surface area contributed by atoms with E-state index in [2.05, 4.69) is 15.2 Å². The van der Waals surface area contributed by atoms with E-state index in [-0.39, 0.29) is 5.82 Å². The molecular weight excluding hydrogens is 250 g/mol. The monoisotopic (exact) mass is 269 g/mol. The lowest BCUT2D eigenvalue weighted by Crippen LogP contribution is -2.37. The highest BCUT2D eigenvalue weighted by molar-refractivity contribution is 5.51. The van der Waals surface area contributed by atoms with Gasteiger partial charge in [0.1, 0.15) is 0 Å². The van der Waals surface area contributed by atoms with Crippen LogP contribution >= 0.6 is 0 Å². The molecule has 19 heavy (non-hydrogen) atoms. The van der Waals surface area contributed by atoms with Gasteiger partial charge in [-0.15, -0.1) is 0 Å². The second-order valence-corrected chi connectivity index (χ2v) is 4.52. The molecule has 0 bridgehead atoms. The molecule has 0 spiro atoms. The average molecular weight is 269 g/mol. The van der Waals surface area contributed by atoms with Crippen molar-refractivity contribution in [1.82, 2.24) is 14.5 Å². The minimum Gasteiger partial charge on any atom is -0.379 e. The Balaban J connectivity index is 1.76. The lowest BCUT2D eigenvalue weighted by Gasteiger charge is -2.26. The molecule has 0 amide bonds. The Bertz CT molecular complexity index is 428. The van der Waals surface area contributed by atoms with Crippen LogP contribution in [0.25, 0.3) is 0 Å². The van der Waals surface area contributed by atoms with E-state index < -0.39 is 4.92 Å². The second-order valence-electron chi connectivity index (χ2n) is 4.52. The van der Waals surface area contributed by atoms with Crippen LogP contribution in [0.3, 0.4) is 0 Å². The van der Waals surface area contributed by atoms with Crippen LogP contribution in [-0.4, -0.2) is 58.8 Å². The molecule has 0 saturated carbocycles. The Morgan fingerprint density at radius 1 is 1.53 bits per heavy atom. The number of imidazole rings is 1. The zero-order chi connectivity index (χ0) is 13.7. The van der Waals surface area contributed by atoms with Gasteiger partial charge in [0.05, 0.1) is 13.2 Å². The summed E-state index contributed by atoms with van der Waals surface area (Å²) in [5.41, 5.74) is 0. The molecule has 1 aliphatic heterocycles. The number of rotatable bonds is 6. The van der Waals surface area contributed by atoms with Gasteiger partial charge in [0, 0.05) is 26.7 Å². The molecule has 0 aliphatic carbocycles. The van der Waals surface area contributed by atoms with E-state index in [9.17, 15) is 10.1 Å². The first-order valence-corrected chi connectivity index (χ1v) is 6.38. The van der Waals surface area contributed by atoms with Gasteiger partial charge in [-0.05, 0) is 22.9 Å². The van der Waals surface area contributed by atoms with Crippen molar-refractivity contribution in [3.05, 3.63) is 16.4 Å². The van der Waals surface area contributed by atoms with E-state index in [0.717, 1.165) is 39.3 Å². The van der Waals surface area contributed by atoms with Crippen molar-refractivity contribution in [2.45, 2.75) is 6.42 Å². The Hall–Kier alpha value is -1.67. The first-order valence-electron chi connectivity index (χ1n) is 6.38. The first kappa shape index (κ1) is 13.8. The predicted molar refractivity (Wildman–Crippen MR) is 70.2 cm³/mol. The largest absolute Gasteiger partial charge is 0.406 e. The quantitative estimate of drug-likeness (QED) is 0.459. The van der Waals surface area contributed by atoms with Gasteiger partial charge >= 0.3 is 5.82 Å². The Morgan fingerprint density at radius 3 is 2.95 bits per heavy atom. The predicted octanol–water partition coefficient (Wildman–Crippen LogP) is 0.462. The van der Waals surface area contributed by atoms with E-state index >= 15 is 0 Å². The number of ether oxygens (including phenoxy) is 1. The van der Waals surface area contributed by atoms with Gasteiger partial charge in [0.15, 0.2) is 0 Å². The van der Waals surface area contributed by atoms with Gasteiger partial charge in [-0.2, -0.15) is 0 Å². The molecule has 106 valence electrons. The van der Waals surface area contributed by atoms with Gasteiger partial charge in [-0.25, -0.2) is 0 Å². The number of hydrogen-bond acceptors (Lipinski definition) is 6. The minimum absolute atomic E-state index is 0.117. The number of aryl methyl sites for hydroxylation is 1. The van der Waals surface area contributed by atoms with Gasteiger partial charge in [0.2, 0.25) is 12.1 Å². The molecule has 1 N–H and O–H groups in total. The summed E-state index contributed by atoms with van der Waals surface area (Å²) in [4.78, 5) is 16.4. The Labute approximate surface area is 111 Å². The lowest BCUT2D eigenvalue weighted by molar-refractivity contribution is -0.388. The van der Waals surface area contributed by atoms with Crippen LogP contribution in [0, 0.1) is 10.1 Å². The highest BCUT2D eigenvalue weighted by Crippen LogP contribution is 2.20. The van der Waals surface area contributed by atoms with Crippen LogP contribution in [-0.2, 0) is 11.8 Å². The van der Waals surface area contributed by atoms with Gasteiger partial charge in [-0.3, -0.25) is 9.47 Å². The zero-order valence-electron chi connectivity index (χ0n) is 11.0. The van der Waals surface area contributed by atoms with Crippen LogP contribution < -0.4 is 5.32 Å². The van der Waals surface area contributed by atoms with Gasteiger partial charge < -0.3 is 20.2 Å². The zero-order valence-corrected chi connectivity index (χ0v) is 11.0. The summed E-state index contributed by atoms with van der Waals surface area (Å²) in [6, 6.07) is 0. The van der Waals surface area contributed by atoms with Crippen molar-refractivity contribution in [3.63, 3.8) is 0 Å². The Morgan fingerprint density at radius 2 is 2.26 bits per heavy atom. The van der Waals surface area contributed by atoms with Crippen LogP contribution in [0.2, 0.25) is 0 Å². The maximum Gasteiger partial charge on any atom is 0.406 e. The van der Waals surface area contributed by atoms with E-state index in [1.165, 1.54) is 6.33 Å². The molecule has 1 saturated heterocycles. The summed E-state index contributed by atoms with van der Waals surface area (Å²) in [5.74, 6) is 0.348. The van der Waals surface area contributed by atoms with Crippen molar-refractivity contribution < 1.29 is 9.66 Å². The number of aromatic nitrogens is 2. The van der Waals surface area contributed by atoms with Crippen LogP contribution in [0.5, 0.6) is 0 Å². The summed E-state index contributed by atoms with van der Waals surface area (Å²) in [5, 5.41) is 13.9. The summed E-state index contributed by atoms with van der Waals surface area (Å²) in [7, 11) is 1.74. The second kappa shape index (κ2) is 6.48. The van der Waals surface area contributed by atoms with E-state index in [1.807, 2.05) is 0 Å². The normalized spacial score (nSPS) is 16.5. The van der Waals surface area contributed by atoms with Crippen molar-refractivity contribution in [3.8, 4) is 0 Å². The van der Waals surface area contributed by atoms with Crippen molar-refractivity contribution in [2.75, 3.05) is 44.7 Å². The SMILES string of the molecule is Cn1cnc([N+](=O)[O-])c1NCCCN1CCOCC1. The first-order chi connectivity index (χ1) is 9.18. The lowest BCUT2D eigenvalue weighted by atomic mass is 10.3. The number of morpholine rings is 1. The molecule has 1 aliphatic rings. The molecule has 8 heteroatoms. The maximum atomic E-state index is 10.8. The summed E-state index contributed by atoms with van der Waals surface area (Å²) in [6.07, 6.45) is 2.38. The highest BCUT2D eigenvalue weighted by atomic mass is 16.6. The van der Waals surface area contributed by atoms with Crippen molar-refractivity contribution in [1.29, 1.82) is 0 Å². The smallest absolute Gasteiger partial charge is 0.379 e. The number of nitrogens with zero attached hydrogens (tertiary/aromatic N) is 4. The molecule has 1 aromatic heterocycles. The Kier molecular flexibility index (Phi) is 4.69. The number of nitro groups is 1. The third-order valence-electron chi connectivity index (χ3n) is 3.14. The molecular formula is C11H19N5O3. The van der Waals surface area contributed by atoms with Crippen LogP contribution in [0.4, 0.5) is 11.6 Å². The fourth-order valence-electron chi connectivity index (χ4n) is 2.09. The maximum absolute atomic E-state index is 10.8. The van der Waals surface area contributed by atoms with Crippen LogP contribution in [0.1, 0.15) is 6.42 Å². The standard InChI is InChI=1S/C11H19N5O3/c1-14-9-13-11(16(17)18)10(14)12-3-2-4-15-5-7-19-8-6-15/h9,12H,2-8H2,1H3. The molecule has 0 unspecified atom stereocenters. The number of hydrogen-bond donors (Lipinski definition) is 1. The topological polar surface area (TPSA) is 85.5 Å². The number of nitrogens with one attached hydrogen (secondary N) is 1. The molecule has 0 atom stereocenters. The van der Waals surface area contributed by atoms with Crippen LogP contribution in [0.15, 0.2) is 6.33 Å². The van der Waals surface area contributed by atoms with E-state index in [0.29, 0.717) is 12.4 Å². The van der Waals surface area contributed by atoms with Crippen molar-refractivity contribution >= 4 is 11.6 Å². The molecule has 0 aromatic carbocycles. The summed E-state index contributed by atoms with van der Waals surface area (Å²) < 4.78 is 6.91. The molecule has 8 nitrogen and oxygen atoms in total. The number of anilines is 1. The molecule has 2 heterocycles. The third-order valence-corrected chi connectivity index (χ3v) is 3.14. The highest BCUT2D eigenvalue weighted by Gasteiger charge is 2.19. The molecule has 2 rings (SSSR count). The molecule has 1 fully saturated rings. The fourth-order valence-corrected chi connectivity index (χ4v) is 2.09. The minimum atomic E-state index is -0.468. The summed E-state index contributed by atoms with van der Waals surface area (Å²) >= 11 is 0. The average Bonchev–Trinajstić information content (AvgIpc) is 2.77. The van der Waals surface area contributed by atoms with E-state index in [1.54, 1.807) is 11.6 Å². The molecule has 1 aromatic rings. The fraction of sp³-hybridized carbons (Fsp3) is 0.727. The van der Waals surface area contributed by atoms with Crippen molar-refractivity contribution in [2.24, 2.45) is 7.05 Å². The molecule has 0 radical (unpaired) electrons. The third kappa shape index (κ3) is 3.65. The van der Waals surface area contributed by atoms with Gasteiger partial charge in [-0.1, -0.05) is 0 Å². The van der Waals surface area contributed by atoms with Gasteiger partial charge in [0.25, 0.3) is 0 Å². The summed E-state index contributed by atoms with van der Waals surface area (Å²) in [6.45, 7) is 5.18.